The average Bonchev–Trinajstić information content (AvgIpc) is 3.05. The highest BCUT2D eigenvalue weighted by molar-refractivity contribution is 7.79. The fourth-order valence-electron chi connectivity index (χ4n) is 4.00. The maximum absolute atomic E-state index is 10.4. The van der Waals surface area contributed by atoms with Gasteiger partial charge < -0.3 is 5.11 Å². The van der Waals surface area contributed by atoms with E-state index >= 15 is 0 Å². The third-order valence-corrected chi connectivity index (χ3v) is 9.24. The normalized spacial score (nSPS) is 15.5. The molecule has 1 saturated heterocycles. The summed E-state index contributed by atoms with van der Waals surface area (Å²) in [5, 5.41) is 10.4. The van der Waals surface area contributed by atoms with Crippen molar-refractivity contribution in [2.75, 3.05) is 26.2 Å². The Kier molecular flexibility index (Phi) is 7.01. The largest absolute Gasteiger partial charge is 0.508 e. The molecule has 158 valence electrons. The third-order valence-electron chi connectivity index (χ3n) is 5.95. The number of aromatic hydroxyl groups is 1. The van der Waals surface area contributed by atoms with Gasteiger partial charge in [-0.2, -0.15) is 0 Å². The van der Waals surface area contributed by atoms with Gasteiger partial charge in [0.25, 0.3) is 0 Å². The first-order valence-electron chi connectivity index (χ1n) is 10.4. The van der Waals surface area contributed by atoms with Gasteiger partial charge in [-0.05, 0) is 42.2 Å². The molecule has 2 heterocycles. The maximum atomic E-state index is 10.4. The van der Waals surface area contributed by atoms with Crippen molar-refractivity contribution in [2.45, 2.75) is 33.4 Å². The van der Waals surface area contributed by atoms with Crippen LogP contribution in [0.15, 0.2) is 42.5 Å². The average molecular weight is 457 g/mol. The fourth-order valence-corrected chi connectivity index (χ4v) is 6.66. The molecule has 4 rings (SSSR count). The summed E-state index contributed by atoms with van der Waals surface area (Å²) in [6.07, 6.45) is 0.849. The lowest BCUT2D eigenvalue weighted by Gasteiger charge is -2.35. The van der Waals surface area contributed by atoms with Crippen molar-refractivity contribution >= 4 is 32.9 Å². The van der Waals surface area contributed by atoms with E-state index in [4.69, 9.17) is 12.2 Å². The summed E-state index contributed by atoms with van der Waals surface area (Å²) in [4.78, 5) is 6.29. The van der Waals surface area contributed by atoms with Gasteiger partial charge in [0.05, 0.1) is 0 Å². The van der Waals surface area contributed by atoms with E-state index in [9.17, 15) is 5.11 Å². The predicted molar refractivity (Wildman–Crippen MR) is 130 cm³/mol. The lowest BCUT2D eigenvalue weighted by molar-refractivity contribution is 0.121. The second-order valence-corrected chi connectivity index (χ2v) is 11.1. The van der Waals surface area contributed by atoms with Gasteiger partial charge in [0.1, 0.15) is 9.57 Å². The van der Waals surface area contributed by atoms with Crippen molar-refractivity contribution in [3.63, 3.8) is 0 Å². The molecule has 0 unspecified atom stereocenters. The molecule has 0 atom stereocenters. The van der Waals surface area contributed by atoms with E-state index < -0.39 is 0 Å². The van der Waals surface area contributed by atoms with Gasteiger partial charge in [-0.15, -0.1) is 0 Å². The zero-order valence-corrected chi connectivity index (χ0v) is 20.0. The van der Waals surface area contributed by atoms with E-state index in [0.29, 0.717) is 5.75 Å². The second-order valence-electron chi connectivity index (χ2n) is 8.11. The molecule has 0 saturated carbocycles. The number of rotatable bonds is 6. The van der Waals surface area contributed by atoms with Crippen LogP contribution in [0.25, 0.3) is 0 Å². The number of aryl methyl sites for hydroxylation is 2. The molecule has 1 aliphatic rings. The highest BCUT2D eigenvalue weighted by Gasteiger charge is 2.19. The lowest BCUT2D eigenvalue weighted by atomic mass is 10.0. The van der Waals surface area contributed by atoms with Crippen LogP contribution in [0.2, 0.25) is 0 Å². The van der Waals surface area contributed by atoms with Gasteiger partial charge in [0.15, 0.2) is 0 Å². The van der Waals surface area contributed by atoms with Crippen LogP contribution < -0.4 is 0 Å². The Morgan fingerprint density at radius 1 is 0.900 bits per heavy atom. The van der Waals surface area contributed by atoms with Gasteiger partial charge in [-0.3, -0.25) is 9.80 Å². The van der Waals surface area contributed by atoms with Gasteiger partial charge in [0, 0.05) is 56.1 Å². The van der Waals surface area contributed by atoms with E-state index in [-0.39, 0.29) is 0 Å². The van der Waals surface area contributed by atoms with Crippen LogP contribution in [0.4, 0.5) is 0 Å². The first-order valence-corrected chi connectivity index (χ1v) is 12.9. The Labute approximate surface area is 191 Å². The van der Waals surface area contributed by atoms with E-state index in [0.717, 1.165) is 55.1 Å². The van der Waals surface area contributed by atoms with Crippen LogP contribution >= 0.6 is 32.9 Å². The highest BCUT2D eigenvalue weighted by atomic mass is 32.9. The van der Waals surface area contributed by atoms with Crippen molar-refractivity contribution in [3.05, 3.63) is 79.0 Å². The molecule has 0 radical (unpaired) electrons. The molecule has 6 heteroatoms. The quantitative estimate of drug-likeness (QED) is 0.376. The number of benzene rings is 2. The molecule has 30 heavy (non-hydrogen) atoms. The smallest absolute Gasteiger partial charge is 0.120 e. The number of hydrogen-bond acceptors (Lipinski definition) is 6. The van der Waals surface area contributed by atoms with Gasteiger partial charge in [0.2, 0.25) is 0 Å². The van der Waals surface area contributed by atoms with Gasteiger partial charge in [-0.1, -0.05) is 69.3 Å². The number of phenolic OH excluding ortho intramolecular Hbond substituents is 1. The molecule has 2 aromatic carbocycles. The minimum atomic E-state index is 0.393. The van der Waals surface area contributed by atoms with Crippen molar-refractivity contribution in [3.8, 4) is 5.75 Å². The SMILES string of the molecule is Cc1ccccc1CN1CCN(Cc2cc(Cc3c(C)ssc3=S)ccc2O)CC1. The van der Waals surface area contributed by atoms with E-state index in [1.165, 1.54) is 27.1 Å². The Morgan fingerprint density at radius 2 is 1.57 bits per heavy atom. The highest BCUT2D eigenvalue weighted by Crippen LogP contribution is 2.28. The molecule has 1 fully saturated rings. The summed E-state index contributed by atoms with van der Waals surface area (Å²) in [6.45, 7) is 10.3. The predicted octanol–water partition coefficient (Wildman–Crippen LogP) is 5.77. The van der Waals surface area contributed by atoms with Crippen LogP contribution in [-0.4, -0.2) is 41.1 Å². The van der Waals surface area contributed by atoms with Crippen molar-refractivity contribution in [2.24, 2.45) is 0 Å². The van der Waals surface area contributed by atoms with E-state index in [2.05, 4.69) is 54.0 Å². The standard InChI is InChI=1S/C24H28N2OS3/c1-17-5-3-4-6-20(17)15-25-9-11-26(12-10-25)16-21-13-19(7-8-23(21)27)14-22-18(2)29-30-24(22)28/h3-8,13,27H,9-12,14-16H2,1-2H3. The molecule has 3 aromatic rings. The van der Waals surface area contributed by atoms with Crippen LogP contribution in [0, 0.1) is 17.7 Å². The summed E-state index contributed by atoms with van der Waals surface area (Å²) in [5.41, 5.74) is 6.29. The minimum Gasteiger partial charge on any atom is -0.508 e. The summed E-state index contributed by atoms with van der Waals surface area (Å²) < 4.78 is 0.997. The summed E-state index contributed by atoms with van der Waals surface area (Å²) in [6, 6.07) is 14.7. The Hall–Kier alpha value is -1.57. The minimum absolute atomic E-state index is 0.393. The first-order chi connectivity index (χ1) is 14.5. The van der Waals surface area contributed by atoms with Crippen LogP contribution in [0.5, 0.6) is 5.75 Å². The lowest BCUT2D eigenvalue weighted by Crippen LogP contribution is -2.45. The van der Waals surface area contributed by atoms with E-state index in [1.54, 1.807) is 20.7 Å². The number of hydrogen-bond donors (Lipinski definition) is 1. The monoisotopic (exact) mass is 456 g/mol. The number of piperazine rings is 1. The van der Waals surface area contributed by atoms with E-state index in [1.807, 2.05) is 12.1 Å². The second kappa shape index (κ2) is 9.71. The van der Waals surface area contributed by atoms with Crippen molar-refractivity contribution in [1.29, 1.82) is 0 Å². The van der Waals surface area contributed by atoms with Crippen LogP contribution in [0.3, 0.4) is 0 Å². The van der Waals surface area contributed by atoms with Gasteiger partial charge in [-0.25, -0.2) is 0 Å². The molecule has 1 N–H and O–H groups in total. The fraction of sp³-hybridized carbons (Fsp3) is 0.375. The summed E-state index contributed by atoms with van der Waals surface area (Å²) in [5.74, 6) is 0.393. The van der Waals surface area contributed by atoms with Gasteiger partial charge >= 0.3 is 0 Å². The zero-order chi connectivity index (χ0) is 21.1. The molecule has 0 aliphatic carbocycles. The zero-order valence-electron chi connectivity index (χ0n) is 17.6. The van der Waals surface area contributed by atoms with Crippen LogP contribution in [-0.2, 0) is 19.5 Å². The maximum Gasteiger partial charge on any atom is 0.120 e. The third kappa shape index (κ3) is 5.18. The Balaban J connectivity index is 1.37. The molecule has 1 aliphatic heterocycles. The Morgan fingerprint density at radius 3 is 2.20 bits per heavy atom. The molecule has 1 aromatic heterocycles. The molecule has 3 nitrogen and oxygen atoms in total. The first kappa shape index (κ1) is 21.7. The number of nitrogens with zero attached hydrogens (tertiary/aromatic N) is 2. The summed E-state index contributed by atoms with van der Waals surface area (Å²) in [7, 11) is 3.44. The molecular formula is C24H28N2OS3. The summed E-state index contributed by atoms with van der Waals surface area (Å²) >= 11 is 5.49. The number of phenols is 1. The molecule has 0 amide bonds. The van der Waals surface area contributed by atoms with Crippen molar-refractivity contribution < 1.29 is 5.11 Å². The Bertz CT molecular complexity index is 1060. The van der Waals surface area contributed by atoms with Crippen LogP contribution in [0.1, 0.15) is 32.7 Å². The molecule has 0 bridgehead atoms. The molecule has 0 spiro atoms. The topological polar surface area (TPSA) is 26.7 Å². The van der Waals surface area contributed by atoms with Crippen molar-refractivity contribution in [1.82, 2.24) is 9.80 Å². The molecular weight excluding hydrogens is 428 g/mol.